The van der Waals surface area contributed by atoms with Gasteiger partial charge in [-0.15, -0.1) is 0 Å². The number of benzene rings is 1. The van der Waals surface area contributed by atoms with E-state index in [1.165, 1.54) is 12.1 Å². The van der Waals surface area contributed by atoms with Crippen molar-refractivity contribution in [1.29, 1.82) is 0 Å². The van der Waals surface area contributed by atoms with E-state index in [9.17, 15) is 9.18 Å². The zero-order valence-electron chi connectivity index (χ0n) is 8.93. The number of halogens is 1. The summed E-state index contributed by atoms with van der Waals surface area (Å²) < 4.78 is 15.1. The molecule has 86 valence electrons. The fraction of sp³-hybridized carbons (Fsp3) is 0. The van der Waals surface area contributed by atoms with Crippen LogP contribution in [-0.2, 0) is 0 Å². The molecule has 0 aliphatic rings. The molecule has 0 atom stereocenters. The highest BCUT2D eigenvalue weighted by molar-refractivity contribution is 5.87. The van der Waals surface area contributed by atoms with Gasteiger partial charge >= 0.3 is 6.03 Å². The highest BCUT2D eigenvalue weighted by Crippen LogP contribution is 2.13. The second-order valence-corrected chi connectivity index (χ2v) is 3.47. The number of carbonyl (C=O) groups is 1. The van der Waals surface area contributed by atoms with Gasteiger partial charge in [-0.3, -0.25) is 0 Å². The van der Waals surface area contributed by atoms with Gasteiger partial charge in [0.25, 0.3) is 0 Å². The molecule has 17 heavy (non-hydrogen) atoms. The Bertz CT molecular complexity index is 543. The molecule has 0 unspecified atom stereocenters. The molecule has 2 amide bonds. The van der Waals surface area contributed by atoms with Crippen LogP contribution in [0.3, 0.4) is 0 Å². The molecule has 2 rings (SSSR count). The Morgan fingerprint density at radius 1 is 1.18 bits per heavy atom. The number of carbonyl (C=O) groups excluding carboxylic acids is 1. The van der Waals surface area contributed by atoms with Gasteiger partial charge in [-0.2, -0.15) is 4.57 Å². The maximum Gasteiger partial charge on any atom is 0.316 e. The summed E-state index contributed by atoms with van der Waals surface area (Å²) in [7, 11) is 0. The van der Waals surface area contributed by atoms with E-state index < -0.39 is 11.8 Å². The molecule has 3 N–H and O–H groups in total. The number of anilines is 1. The molecule has 1 aromatic carbocycles. The van der Waals surface area contributed by atoms with Gasteiger partial charge in [0.05, 0.1) is 5.69 Å². The number of nitrogens with zero attached hydrogens (tertiary/aromatic N) is 1. The Labute approximate surface area is 97.5 Å². The van der Waals surface area contributed by atoms with Crippen molar-refractivity contribution in [1.82, 2.24) is 0 Å². The maximum atomic E-state index is 13.4. The third kappa shape index (κ3) is 2.78. The molecule has 1 heterocycles. The normalized spacial score (nSPS) is 9.94. The zero-order valence-corrected chi connectivity index (χ0v) is 8.93. The van der Waals surface area contributed by atoms with Crippen LogP contribution in [0.5, 0.6) is 0 Å². The predicted molar refractivity (Wildman–Crippen MR) is 61.1 cm³/mol. The molecule has 0 aliphatic carbocycles. The SMILES string of the molecule is NC(=O)Nc1cc(F)cc(-[n+]2ccccc2)c1. The molecule has 0 radical (unpaired) electrons. The van der Waals surface area contributed by atoms with Crippen LogP contribution in [0.2, 0.25) is 0 Å². The first-order chi connectivity index (χ1) is 8.15. The van der Waals surface area contributed by atoms with E-state index in [0.29, 0.717) is 11.4 Å². The first-order valence-electron chi connectivity index (χ1n) is 4.99. The molecule has 1 aromatic heterocycles. The fourth-order valence-electron chi connectivity index (χ4n) is 1.51. The quantitative estimate of drug-likeness (QED) is 0.759. The van der Waals surface area contributed by atoms with Crippen LogP contribution in [0.1, 0.15) is 0 Å². The van der Waals surface area contributed by atoms with E-state index in [4.69, 9.17) is 5.73 Å². The lowest BCUT2D eigenvalue weighted by Gasteiger charge is -2.02. The summed E-state index contributed by atoms with van der Waals surface area (Å²) in [6, 6.07) is 8.99. The Morgan fingerprint density at radius 2 is 1.88 bits per heavy atom. The smallest absolute Gasteiger partial charge is 0.316 e. The van der Waals surface area contributed by atoms with E-state index >= 15 is 0 Å². The number of aromatic nitrogens is 1. The Morgan fingerprint density at radius 3 is 2.53 bits per heavy atom. The van der Waals surface area contributed by atoms with Gasteiger partial charge in [0, 0.05) is 24.3 Å². The summed E-state index contributed by atoms with van der Waals surface area (Å²) in [4.78, 5) is 10.7. The first-order valence-corrected chi connectivity index (χ1v) is 4.99. The number of nitrogens with one attached hydrogen (secondary N) is 1. The van der Waals surface area contributed by atoms with Crippen molar-refractivity contribution in [2.75, 3.05) is 5.32 Å². The van der Waals surface area contributed by atoms with Crippen LogP contribution in [0.15, 0.2) is 48.8 Å². The highest BCUT2D eigenvalue weighted by Gasteiger charge is 2.09. The van der Waals surface area contributed by atoms with Gasteiger partial charge in [-0.25, -0.2) is 9.18 Å². The summed E-state index contributed by atoms with van der Waals surface area (Å²) in [5.74, 6) is -0.442. The van der Waals surface area contributed by atoms with Crippen LogP contribution in [0, 0.1) is 5.82 Å². The third-order valence-electron chi connectivity index (χ3n) is 2.16. The van der Waals surface area contributed by atoms with E-state index in [0.717, 1.165) is 0 Å². The van der Waals surface area contributed by atoms with Crippen LogP contribution < -0.4 is 15.6 Å². The molecule has 5 heteroatoms. The number of nitrogens with two attached hydrogens (primary N) is 1. The number of amides is 2. The Kier molecular flexibility index (Phi) is 3.00. The average molecular weight is 232 g/mol. The summed E-state index contributed by atoms with van der Waals surface area (Å²) in [5, 5.41) is 2.34. The molecule has 0 spiro atoms. The van der Waals surface area contributed by atoms with Gasteiger partial charge in [0.2, 0.25) is 5.69 Å². The van der Waals surface area contributed by atoms with Crippen molar-refractivity contribution < 1.29 is 13.8 Å². The van der Waals surface area contributed by atoms with E-state index in [1.54, 1.807) is 23.0 Å². The van der Waals surface area contributed by atoms with E-state index in [1.807, 2.05) is 18.2 Å². The molecule has 2 aromatic rings. The Balaban J connectivity index is 2.42. The number of hydrogen-bond donors (Lipinski definition) is 2. The van der Waals surface area contributed by atoms with E-state index in [2.05, 4.69) is 5.32 Å². The molecule has 0 saturated heterocycles. The van der Waals surface area contributed by atoms with Crippen molar-refractivity contribution in [3.63, 3.8) is 0 Å². The monoisotopic (exact) mass is 232 g/mol. The summed E-state index contributed by atoms with van der Waals surface area (Å²) in [5.41, 5.74) is 5.91. The molecule has 0 aliphatic heterocycles. The number of primary amides is 1. The number of hydrogen-bond acceptors (Lipinski definition) is 1. The molecular weight excluding hydrogens is 221 g/mol. The predicted octanol–water partition coefficient (Wildman–Crippen LogP) is 1.59. The van der Waals surface area contributed by atoms with Crippen molar-refractivity contribution >= 4 is 11.7 Å². The second-order valence-electron chi connectivity index (χ2n) is 3.47. The fourth-order valence-corrected chi connectivity index (χ4v) is 1.51. The standard InChI is InChI=1S/C12H10FN3O/c13-9-6-10(15-12(14)17)8-11(7-9)16-4-2-1-3-5-16/h1-8H,(H2-,14,15,17)/p+1. The average Bonchev–Trinajstić information content (AvgIpc) is 2.28. The molecule has 4 nitrogen and oxygen atoms in total. The number of pyridine rings is 1. The summed E-state index contributed by atoms with van der Waals surface area (Å²) in [6.45, 7) is 0. The van der Waals surface area contributed by atoms with Crippen LogP contribution in [-0.4, -0.2) is 6.03 Å². The summed E-state index contributed by atoms with van der Waals surface area (Å²) in [6.07, 6.45) is 3.56. The van der Waals surface area contributed by atoms with Crippen molar-refractivity contribution in [2.24, 2.45) is 5.73 Å². The molecular formula is C12H11FN3O+. The highest BCUT2D eigenvalue weighted by atomic mass is 19.1. The van der Waals surface area contributed by atoms with Gasteiger partial charge in [-0.05, 0) is 6.07 Å². The van der Waals surface area contributed by atoms with Crippen molar-refractivity contribution in [2.45, 2.75) is 0 Å². The third-order valence-corrected chi connectivity index (χ3v) is 2.16. The maximum absolute atomic E-state index is 13.4. The lowest BCUT2D eigenvalue weighted by molar-refractivity contribution is -0.595. The van der Waals surface area contributed by atoms with E-state index in [-0.39, 0.29) is 0 Å². The van der Waals surface area contributed by atoms with Crippen LogP contribution in [0.25, 0.3) is 5.69 Å². The van der Waals surface area contributed by atoms with Gasteiger partial charge in [-0.1, -0.05) is 6.07 Å². The van der Waals surface area contributed by atoms with Crippen LogP contribution >= 0.6 is 0 Å². The Hall–Kier alpha value is -2.43. The second kappa shape index (κ2) is 4.61. The zero-order chi connectivity index (χ0) is 12.3. The van der Waals surface area contributed by atoms with Gasteiger partial charge in [0.1, 0.15) is 5.82 Å². The minimum Gasteiger partial charge on any atom is -0.351 e. The molecule has 0 bridgehead atoms. The van der Waals surface area contributed by atoms with Crippen molar-refractivity contribution in [3.05, 3.63) is 54.6 Å². The minimum absolute atomic E-state index is 0.323. The van der Waals surface area contributed by atoms with Crippen LogP contribution in [0.4, 0.5) is 14.9 Å². The van der Waals surface area contributed by atoms with Gasteiger partial charge < -0.3 is 11.1 Å². The topological polar surface area (TPSA) is 59.0 Å². The molecule has 0 saturated carbocycles. The largest absolute Gasteiger partial charge is 0.351 e. The minimum atomic E-state index is -0.723. The summed E-state index contributed by atoms with van der Waals surface area (Å²) >= 11 is 0. The lowest BCUT2D eigenvalue weighted by Crippen LogP contribution is -2.29. The lowest BCUT2D eigenvalue weighted by atomic mass is 10.2. The number of urea groups is 1. The van der Waals surface area contributed by atoms with Crippen molar-refractivity contribution in [3.8, 4) is 5.69 Å². The first kappa shape index (κ1) is 11.1. The molecule has 0 fully saturated rings. The number of rotatable bonds is 2. The van der Waals surface area contributed by atoms with Gasteiger partial charge in [0.15, 0.2) is 12.4 Å².